The lowest BCUT2D eigenvalue weighted by atomic mass is 10.0. The predicted octanol–water partition coefficient (Wildman–Crippen LogP) is 1.81. The van der Waals surface area contributed by atoms with E-state index in [0.717, 1.165) is 24.4 Å². The number of nitrogens with zero attached hydrogens (tertiary/aromatic N) is 3. The van der Waals surface area contributed by atoms with Crippen molar-refractivity contribution in [1.82, 2.24) is 0 Å². The highest BCUT2D eigenvalue weighted by molar-refractivity contribution is 5.98. The number of nitriles is 1. The van der Waals surface area contributed by atoms with E-state index in [1.54, 1.807) is 0 Å². The molecule has 0 amide bonds. The monoisotopic (exact) mass is 312 g/mol. The number of carbonyl (C=O) groups excluding carboxylic acids is 1. The fourth-order valence-electron chi connectivity index (χ4n) is 2.03. The normalized spacial score (nSPS) is 17.4. The molecule has 0 aliphatic carbocycles. The molecule has 22 heavy (non-hydrogen) atoms. The van der Waals surface area contributed by atoms with Crippen LogP contribution in [0.15, 0.2) is 17.1 Å². The smallest absolute Gasteiger partial charge is 0.418 e. The van der Waals surface area contributed by atoms with Gasteiger partial charge in [-0.25, -0.2) is 4.79 Å². The van der Waals surface area contributed by atoms with E-state index in [4.69, 9.17) is 11.0 Å². The minimum atomic E-state index is -4.67. The molecule has 116 valence electrons. The summed E-state index contributed by atoms with van der Waals surface area (Å²) in [6.45, 7) is -0.0376. The zero-order valence-corrected chi connectivity index (χ0v) is 11.4. The number of anilines is 2. The van der Waals surface area contributed by atoms with Crippen molar-refractivity contribution in [2.75, 3.05) is 24.3 Å². The topological polar surface area (TPSA) is 91.7 Å². The molecule has 1 atom stereocenters. The first-order valence-electron chi connectivity index (χ1n) is 6.06. The molecular formula is C13H11F3N4O2. The number of hydrogen-bond donors (Lipinski definition) is 1. The van der Waals surface area contributed by atoms with Gasteiger partial charge < -0.3 is 15.4 Å². The van der Waals surface area contributed by atoms with Crippen LogP contribution in [0.5, 0.6) is 0 Å². The molecule has 9 heteroatoms. The Kier molecular flexibility index (Phi) is 3.95. The van der Waals surface area contributed by atoms with Gasteiger partial charge in [-0.1, -0.05) is 0 Å². The standard InChI is InChI=1S/C13H11F3N4O2/c1-22-12(21)8-2-11(20-5-7(4-17)19-6-20)9(3-10(8)18)13(14,15)16/h2-3,6-7H,5,18H2,1H3. The number of methoxy groups -OCH3 is 1. The number of alkyl halides is 3. The molecule has 2 N–H and O–H groups in total. The fourth-order valence-corrected chi connectivity index (χ4v) is 2.03. The summed E-state index contributed by atoms with van der Waals surface area (Å²) in [5.41, 5.74) is 3.68. The number of benzene rings is 1. The van der Waals surface area contributed by atoms with Gasteiger partial charge in [-0.15, -0.1) is 0 Å². The van der Waals surface area contributed by atoms with Crippen LogP contribution in [-0.4, -0.2) is 32.0 Å². The first-order chi connectivity index (χ1) is 10.3. The van der Waals surface area contributed by atoms with Crippen LogP contribution < -0.4 is 10.6 Å². The molecule has 1 aliphatic heterocycles. The molecule has 0 bridgehead atoms. The van der Waals surface area contributed by atoms with E-state index in [9.17, 15) is 18.0 Å². The molecule has 6 nitrogen and oxygen atoms in total. The van der Waals surface area contributed by atoms with Gasteiger partial charge in [0.25, 0.3) is 0 Å². The maximum absolute atomic E-state index is 13.2. The number of nitrogen functional groups attached to an aromatic ring is 1. The second-order valence-electron chi connectivity index (χ2n) is 4.51. The number of rotatable bonds is 2. The SMILES string of the molecule is COC(=O)c1cc(N2C=NC(C#N)C2)c(C(F)(F)F)cc1N. The molecule has 1 aromatic rings. The van der Waals surface area contributed by atoms with Crippen molar-refractivity contribution in [2.45, 2.75) is 12.2 Å². The van der Waals surface area contributed by atoms with Gasteiger partial charge in [0.2, 0.25) is 0 Å². The average Bonchev–Trinajstić information content (AvgIpc) is 2.94. The maximum atomic E-state index is 13.2. The quantitative estimate of drug-likeness (QED) is 0.664. The van der Waals surface area contributed by atoms with Crippen LogP contribution in [-0.2, 0) is 10.9 Å². The Morgan fingerprint density at radius 3 is 2.73 bits per heavy atom. The summed E-state index contributed by atoms with van der Waals surface area (Å²) >= 11 is 0. The Bertz CT molecular complexity index is 679. The molecule has 0 fully saturated rings. The first-order valence-corrected chi connectivity index (χ1v) is 6.06. The molecule has 0 saturated carbocycles. The lowest BCUT2D eigenvalue weighted by molar-refractivity contribution is -0.137. The van der Waals surface area contributed by atoms with Crippen LogP contribution in [0.3, 0.4) is 0 Å². The largest absolute Gasteiger partial charge is 0.465 e. The summed E-state index contributed by atoms with van der Waals surface area (Å²) < 4.78 is 44.0. The first kappa shape index (κ1) is 15.6. The third-order valence-corrected chi connectivity index (χ3v) is 3.09. The van der Waals surface area contributed by atoms with Crippen LogP contribution in [0, 0.1) is 11.3 Å². The minimum absolute atomic E-state index is 0.0376. The molecule has 0 spiro atoms. The molecule has 0 radical (unpaired) electrons. The van der Waals surface area contributed by atoms with Crippen LogP contribution in [0.4, 0.5) is 24.5 Å². The van der Waals surface area contributed by atoms with Gasteiger partial charge in [0.1, 0.15) is 0 Å². The van der Waals surface area contributed by atoms with Gasteiger partial charge >= 0.3 is 12.1 Å². The van der Waals surface area contributed by atoms with Gasteiger partial charge in [0.05, 0.1) is 42.9 Å². The van der Waals surface area contributed by atoms with Gasteiger partial charge in [0, 0.05) is 5.69 Å². The lowest BCUT2D eigenvalue weighted by Crippen LogP contribution is -2.26. The number of nitrogens with two attached hydrogens (primary N) is 1. The second-order valence-corrected chi connectivity index (χ2v) is 4.51. The molecule has 1 heterocycles. The molecular weight excluding hydrogens is 301 g/mol. The van der Waals surface area contributed by atoms with Gasteiger partial charge in [0.15, 0.2) is 6.04 Å². The number of ether oxygens (including phenoxy) is 1. The Hall–Kier alpha value is -2.76. The summed E-state index contributed by atoms with van der Waals surface area (Å²) in [5.74, 6) is -0.847. The van der Waals surface area contributed by atoms with Crippen LogP contribution in [0.1, 0.15) is 15.9 Å². The van der Waals surface area contributed by atoms with Crippen molar-refractivity contribution >= 4 is 23.7 Å². The minimum Gasteiger partial charge on any atom is -0.465 e. The molecule has 1 aromatic carbocycles. The average molecular weight is 312 g/mol. The van der Waals surface area contributed by atoms with E-state index in [0.29, 0.717) is 6.07 Å². The van der Waals surface area contributed by atoms with Crippen LogP contribution >= 0.6 is 0 Å². The molecule has 2 rings (SSSR count). The maximum Gasteiger partial charge on any atom is 0.418 e. The summed E-state index contributed by atoms with van der Waals surface area (Å²) in [6, 6.07) is 2.75. The van der Waals surface area contributed by atoms with E-state index in [2.05, 4.69) is 9.73 Å². The number of esters is 1. The summed E-state index contributed by atoms with van der Waals surface area (Å²) in [5, 5.41) is 8.78. The fraction of sp³-hybridized carbons (Fsp3) is 0.308. The Balaban J connectivity index is 2.57. The molecule has 0 aromatic heterocycles. The van der Waals surface area contributed by atoms with E-state index < -0.39 is 23.8 Å². The van der Waals surface area contributed by atoms with Gasteiger partial charge in [-0.05, 0) is 12.1 Å². The lowest BCUT2D eigenvalue weighted by Gasteiger charge is -2.22. The third kappa shape index (κ3) is 2.81. The summed E-state index contributed by atoms with van der Waals surface area (Å²) in [6.07, 6.45) is -3.54. The predicted molar refractivity (Wildman–Crippen MR) is 72.4 cm³/mol. The van der Waals surface area contributed by atoms with Crippen molar-refractivity contribution in [2.24, 2.45) is 4.99 Å². The highest BCUT2D eigenvalue weighted by Crippen LogP contribution is 2.39. The van der Waals surface area contributed by atoms with Gasteiger partial charge in [-0.2, -0.15) is 18.4 Å². The van der Waals surface area contributed by atoms with Gasteiger partial charge in [-0.3, -0.25) is 4.99 Å². The van der Waals surface area contributed by atoms with Crippen LogP contribution in [0.2, 0.25) is 0 Å². The van der Waals surface area contributed by atoms with E-state index in [-0.39, 0.29) is 23.5 Å². The molecule has 0 saturated heterocycles. The van der Waals surface area contributed by atoms with Crippen molar-refractivity contribution in [1.29, 1.82) is 5.26 Å². The van der Waals surface area contributed by atoms with Crippen molar-refractivity contribution in [3.8, 4) is 6.07 Å². The summed E-state index contributed by atoms with van der Waals surface area (Å²) in [4.78, 5) is 16.5. The highest BCUT2D eigenvalue weighted by atomic mass is 19.4. The number of carbonyl (C=O) groups is 1. The number of aliphatic imine (C=N–C) groups is 1. The van der Waals surface area contributed by atoms with Crippen molar-refractivity contribution < 1.29 is 22.7 Å². The van der Waals surface area contributed by atoms with E-state index in [1.807, 2.05) is 6.07 Å². The number of halogens is 3. The van der Waals surface area contributed by atoms with E-state index in [1.165, 1.54) is 0 Å². The Morgan fingerprint density at radius 1 is 1.55 bits per heavy atom. The zero-order chi connectivity index (χ0) is 16.5. The second kappa shape index (κ2) is 5.55. The Labute approximate surface area is 123 Å². The Morgan fingerprint density at radius 2 is 2.23 bits per heavy atom. The summed E-state index contributed by atoms with van der Waals surface area (Å²) in [7, 11) is 1.10. The molecule has 1 aliphatic rings. The van der Waals surface area contributed by atoms with Crippen LogP contribution in [0.25, 0.3) is 0 Å². The van der Waals surface area contributed by atoms with Crippen molar-refractivity contribution in [3.05, 3.63) is 23.3 Å². The van der Waals surface area contributed by atoms with Crippen molar-refractivity contribution in [3.63, 3.8) is 0 Å². The zero-order valence-electron chi connectivity index (χ0n) is 11.4. The third-order valence-electron chi connectivity index (χ3n) is 3.09. The van der Waals surface area contributed by atoms with E-state index >= 15 is 0 Å². The highest BCUT2D eigenvalue weighted by Gasteiger charge is 2.37. The molecule has 1 unspecified atom stereocenters. The number of hydrogen-bond acceptors (Lipinski definition) is 6.